The molecule has 0 N–H and O–H groups in total. The molecule has 0 radical (unpaired) electrons. The maximum Gasteiger partial charge on any atom is 0.309 e. The first-order chi connectivity index (χ1) is 19.0. The molecule has 2 heterocycles. The summed E-state index contributed by atoms with van der Waals surface area (Å²) in [7, 11) is -2.30. The number of esters is 1. The fraction of sp³-hybridized carbons (Fsp3) is 0.484. The molecule has 3 aromatic rings. The largest absolute Gasteiger partial charge is 0.469 e. The van der Waals surface area contributed by atoms with E-state index in [4.69, 9.17) is 4.74 Å². The van der Waals surface area contributed by atoms with Crippen molar-refractivity contribution in [1.29, 1.82) is 0 Å². The number of nitrogens with zero attached hydrogens (tertiary/aromatic N) is 3. The van der Waals surface area contributed by atoms with Crippen LogP contribution in [-0.4, -0.2) is 67.4 Å². The van der Waals surface area contributed by atoms with Gasteiger partial charge in [-0.25, -0.2) is 17.8 Å². The van der Waals surface area contributed by atoms with Crippen LogP contribution < -0.4 is 0 Å². The number of benzene rings is 2. The van der Waals surface area contributed by atoms with Gasteiger partial charge in [0.1, 0.15) is 5.82 Å². The summed E-state index contributed by atoms with van der Waals surface area (Å²) in [6.45, 7) is 13.0. The third-order valence-electron chi connectivity index (χ3n) is 7.41. The predicted octanol–water partition coefficient (Wildman–Crippen LogP) is 5.78. The number of aromatic nitrogens is 1. The Morgan fingerprint density at radius 1 is 1.07 bits per heavy atom. The molecule has 40 heavy (non-hydrogen) atoms. The van der Waals surface area contributed by atoms with Crippen molar-refractivity contribution in [3.8, 4) is 0 Å². The Hall–Kier alpha value is -2.88. The van der Waals surface area contributed by atoms with Gasteiger partial charge in [-0.1, -0.05) is 31.2 Å². The topological polar surface area (TPSA) is 79.8 Å². The second-order valence-corrected chi connectivity index (χ2v) is 12.6. The lowest BCUT2D eigenvalue weighted by Crippen LogP contribution is -2.38. The van der Waals surface area contributed by atoms with Gasteiger partial charge in [0.05, 0.1) is 13.5 Å². The number of hydrogen-bond donors (Lipinski definition) is 0. The minimum absolute atomic E-state index is 0.0426. The molecular weight excluding hydrogens is 529 g/mol. The second-order valence-electron chi connectivity index (χ2n) is 10.7. The van der Waals surface area contributed by atoms with Crippen molar-refractivity contribution in [3.05, 3.63) is 71.7 Å². The van der Waals surface area contributed by atoms with Gasteiger partial charge in [-0.3, -0.25) is 9.69 Å². The van der Waals surface area contributed by atoms with E-state index in [1.807, 2.05) is 12.1 Å². The van der Waals surface area contributed by atoms with Crippen LogP contribution in [0.2, 0.25) is 0 Å². The van der Waals surface area contributed by atoms with Crippen LogP contribution in [0.3, 0.4) is 0 Å². The van der Waals surface area contributed by atoms with E-state index in [1.165, 1.54) is 35.8 Å². The Morgan fingerprint density at radius 2 is 1.75 bits per heavy atom. The van der Waals surface area contributed by atoms with Crippen LogP contribution in [0.1, 0.15) is 64.5 Å². The minimum Gasteiger partial charge on any atom is -0.469 e. The average molecular weight is 572 g/mol. The number of methoxy groups -OCH3 is 1. The normalized spacial score (nSPS) is 14.9. The molecule has 0 aliphatic carbocycles. The molecule has 1 aromatic heterocycles. The van der Waals surface area contributed by atoms with Gasteiger partial charge < -0.3 is 4.74 Å². The van der Waals surface area contributed by atoms with E-state index in [9.17, 15) is 17.6 Å². The molecule has 0 amide bonds. The van der Waals surface area contributed by atoms with Crippen molar-refractivity contribution < 1.29 is 22.3 Å². The number of pyridine rings is 1. The average Bonchev–Trinajstić information content (AvgIpc) is 2.93. The summed E-state index contributed by atoms with van der Waals surface area (Å²) in [6, 6.07) is 14.6. The zero-order valence-corrected chi connectivity index (χ0v) is 25.2. The Morgan fingerprint density at radius 3 is 2.27 bits per heavy atom. The van der Waals surface area contributed by atoms with E-state index in [0.717, 1.165) is 28.4 Å². The number of hydrogen-bond acceptors (Lipinski definition) is 6. The van der Waals surface area contributed by atoms with Gasteiger partial charge >= 0.3 is 5.97 Å². The Balaban J connectivity index is 0.000000424. The lowest BCUT2D eigenvalue weighted by molar-refractivity contribution is -0.139. The zero-order valence-electron chi connectivity index (χ0n) is 24.4. The number of ether oxygens (including phenoxy) is 1. The molecule has 2 aromatic carbocycles. The van der Waals surface area contributed by atoms with Crippen molar-refractivity contribution >= 4 is 26.8 Å². The number of rotatable bonds is 8. The number of carbonyl (C=O) groups excluding carboxylic acids is 1. The molecule has 1 aliphatic rings. The zero-order chi connectivity index (χ0) is 29.4. The van der Waals surface area contributed by atoms with Crippen LogP contribution in [0, 0.1) is 5.82 Å². The van der Waals surface area contributed by atoms with Crippen molar-refractivity contribution in [2.24, 2.45) is 0 Å². The summed E-state index contributed by atoms with van der Waals surface area (Å²) >= 11 is 0. The summed E-state index contributed by atoms with van der Waals surface area (Å²) in [4.78, 5) is 18.2. The highest BCUT2D eigenvalue weighted by Crippen LogP contribution is 2.36. The standard InChI is InChI=1S/C23H23FN2O4S.C8H19N/c1-30-23(27)14-16-12-18-5-6-19(24)15-21(18)20(13-16)17-7-10-26(11-8-17)31(28,29)22-4-2-3-9-25-22;1-6-9(7(2)3)8(4)5/h2-6,9,12-13,15,17H,7-8,10-11,14H2,1H3;7-8H,6H2,1-5H3. The summed E-state index contributed by atoms with van der Waals surface area (Å²) in [5.74, 6) is -0.620. The van der Waals surface area contributed by atoms with E-state index in [-0.39, 0.29) is 29.2 Å². The Bertz CT molecular complexity index is 1360. The number of sulfonamides is 1. The van der Waals surface area contributed by atoms with Crippen molar-refractivity contribution in [1.82, 2.24) is 14.2 Å². The predicted molar refractivity (Wildman–Crippen MR) is 157 cm³/mol. The smallest absolute Gasteiger partial charge is 0.309 e. The van der Waals surface area contributed by atoms with Gasteiger partial charge in [-0.15, -0.1) is 0 Å². The lowest BCUT2D eigenvalue weighted by atomic mass is 9.85. The molecule has 0 bridgehead atoms. The highest BCUT2D eigenvalue weighted by atomic mass is 32.2. The summed E-state index contributed by atoms with van der Waals surface area (Å²) < 4.78 is 45.9. The van der Waals surface area contributed by atoms with Crippen LogP contribution >= 0.6 is 0 Å². The van der Waals surface area contributed by atoms with Crippen LogP contribution in [0.15, 0.2) is 59.8 Å². The van der Waals surface area contributed by atoms with Crippen molar-refractivity contribution in [2.45, 2.75) is 76.9 Å². The van der Waals surface area contributed by atoms with Crippen molar-refractivity contribution in [3.63, 3.8) is 0 Å². The van der Waals surface area contributed by atoms with Gasteiger partial charge in [0.15, 0.2) is 5.03 Å². The molecule has 0 unspecified atom stereocenters. The summed E-state index contributed by atoms with van der Waals surface area (Å²) in [5, 5.41) is 1.68. The van der Waals surface area contributed by atoms with Gasteiger partial charge in [-0.2, -0.15) is 4.31 Å². The molecule has 0 atom stereocenters. The van der Waals surface area contributed by atoms with Gasteiger partial charge in [0.25, 0.3) is 10.0 Å². The van der Waals surface area contributed by atoms with E-state index in [0.29, 0.717) is 38.0 Å². The second kappa shape index (κ2) is 14.1. The molecular formula is C31H42FN3O4S. The SMILES string of the molecule is CCN(C(C)C)C(C)C.COC(=O)Cc1cc(C2CCN(S(=O)(=O)c3ccccn3)CC2)c2cc(F)ccc2c1. The summed E-state index contributed by atoms with van der Waals surface area (Å²) in [5.41, 5.74) is 1.73. The lowest BCUT2D eigenvalue weighted by Gasteiger charge is -2.32. The van der Waals surface area contributed by atoms with E-state index in [2.05, 4.69) is 44.5 Å². The van der Waals surface area contributed by atoms with E-state index < -0.39 is 10.0 Å². The maximum absolute atomic E-state index is 14.0. The van der Waals surface area contributed by atoms with E-state index >= 15 is 0 Å². The van der Waals surface area contributed by atoms with Gasteiger partial charge in [0, 0.05) is 31.4 Å². The highest BCUT2D eigenvalue weighted by Gasteiger charge is 2.31. The number of halogens is 1. The van der Waals surface area contributed by atoms with Gasteiger partial charge in [-0.05, 0) is 99.2 Å². The molecule has 4 rings (SSSR count). The van der Waals surface area contributed by atoms with Crippen LogP contribution in [0.4, 0.5) is 4.39 Å². The third-order valence-corrected chi connectivity index (χ3v) is 9.23. The maximum atomic E-state index is 14.0. The first-order valence-corrected chi connectivity index (χ1v) is 15.4. The molecule has 1 aliphatic heterocycles. The van der Waals surface area contributed by atoms with Crippen molar-refractivity contribution in [2.75, 3.05) is 26.7 Å². The molecule has 7 nitrogen and oxygen atoms in total. The van der Waals surface area contributed by atoms with Crippen LogP contribution in [-0.2, 0) is 26.0 Å². The molecule has 9 heteroatoms. The molecule has 0 saturated carbocycles. The fourth-order valence-corrected chi connectivity index (χ4v) is 6.87. The Labute approximate surface area is 238 Å². The highest BCUT2D eigenvalue weighted by molar-refractivity contribution is 7.89. The van der Waals surface area contributed by atoms with Crippen LogP contribution in [0.5, 0.6) is 0 Å². The monoisotopic (exact) mass is 571 g/mol. The molecule has 0 spiro atoms. The van der Waals surface area contributed by atoms with Gasteiger partial charge in [0.2, 0.25) is 0 Å². The first kappa shape index (κ1) is 31.6. The number of fused-ring (bicyclic) bond motifs is 1. The summed E-state index contributed by atoms with van der Waals surface area (Å²) in [6.07, 6.45) is 2.79. The molecule has 1 saturated heterocycles. The fourth-order valence-electron chi connectivity index (χ4n) is 5.47. The van der Waals surface area contributed by atoms with Crippen LogP contribution in [0.25, 0.3) is 10.8 Å². The first-order valence-electron chi connectivity index (χ1n) is 13.9. The quantitative estimate of drug-likeness (QED) is 0.319. The third kappa shape index (κ3) is 7.86. The number of piperidine rings is 1. The molecule has 1 fully saturated rings. The van der Waals surface area contributed by atoms with E-state index in [1.54, 1.807) is 18.2 Å². The number of carbonyl (C=O) groups is 1. The minimum atomic E-state index is -3.64. The molecule has 218 valence electrons. The Kier molecular flexibility index (Phi) is 11.2.